The minimum absolute atomic E-state index is 0.522. The Kier molecular flexibility index (Phi) is 5.65. The molecular weight excluding hydrogens is 258 g/mol. The van der Waals surface area contributed by atoms with Gasteiger partial charge in [-0.1, -0.05) is 38.5 Å². The smallest absolute Gasteiger partial charge is 0.0413 e. The maximum atomic E-state index is 3.57. The zero-order valence-corrected chi connectivity index (χ0v) is 14.3. The number of rotatable bonds is 5. The molecule has 1 aliphatic rings. The molecule has 0 saturated carbocycles. The standard InChI is InChI=1S/C18H31N3/c1-6-17-13-21(10-9-20(17)5)18-8-7-15(4)11-16(18)12-19-14(2)3/h7-8,11,14,17,19H,6,9-10,12-13H2,1-5H3. The van der Waals surface area contributed by atoms with E-state index >= 15 is 0 Å². The Labute approximate surface area is 130 Å². The van der Waals surface area contributed by atoms with Gasteiger partial charge in [0.1, 0.15) is 0 Å². The first-order chi connectivity index (χ1) is 10.0. The van der Waals surface area contributed by atoms with E-state index in [2.05, 4.69) is 68.1 Å². The lowest BCUT2D eigenvalue weighted by atomic mass is 10.0. The molecule has 1 unspecified atom stereocenters. The molecule has 21 heavy (non-hydrogen) atoms. The van der Waals surface area contributed by atoms with E-state index in [0.29, 0.717) is 12.1 Å². The number of nitrogens with zero attached hydrogens (tertiary/aromatic N) is 2. The highest BCUT2D eigenvalue weighted by Gasteiger charge is 2.24. The highest BCUT2D eigenvalue weighted by molar-refractivity contribution is 5.55. The van der Waals surface area contributed by atoms with Crippen molar-refractivity contribution in [1.82, 2.24) is 10.2 Å². The molecule has 118 valence electrons. The van der Waals surface area contributed by atoms with E-state index in [1.54, 1.807) is 0 Å². The predicted octanol–water partition coefficient (Wildman–Crippen LogP) is 3.02. The van der Waals surface area contributed by atoms with Crippen molar-refractivity contribution in [2.75, 3.05) is 31.6 Å². The molecule has 0 spiro atoms. The average Bonchev–Trinajstić information content (AvgIpc) is 2.46. The van der Waals surface area contributed by atoms with E-state index in [1.165, 1.54) is 23.2 Å². The minimum atomic E-state index is 0.522. The summed E-state index contributed by atoms with van der Waals surface area (Å²) in [5, 5.41) is 3.57. The highest BCUT2D eigenvalue weighted by Crippen LogP contribution is 2.25. The normalized spacial score (nSPS) is 20.3. The van der Waals surface area contributed by atoms with Crippen molar-refractivity contribution >= 4 is 5.69 Å². The van der Waals surface area contributed by atoms with Crippen molar-refractivity contribution in [1.29, 1.82) is 0 Å². The first-order valence-corrected chi connectivity index (χ1v) is 8.29. The summed E-state index contributed by atoms with van der Waals surface area (Å²) in [5.74, 6) is 0. The third kappa shape index (κ3) is 4.21. The molecule has 0 aliphatic carbocycles. The third-order valence-corrected chi connectivity index (χ3v) is 4.52. The second kappa shape index (κ2) is 7.28. The largest absolute Gasteiger partial charge is 0.368 e. The molecule has 1 atom stereocenters. The maximum Gasteiger partial charge on any atom is 0.0413 e. The van der Waals surface area contributed by atoms with E-state index in [1.807, 2.05) is 0 Å². The minimum Gasteiger partial charge on any atom is -0.368 e. The molecule has 1 aliphatic heterocycles. The molecule has 1 heterocycles. The van der Waals surface area contributed by atoms with Crippen LogP contribution in [0.4, 0.5) is 5.69 Å². The summed E-state index contributed by atoms with van der Waals surface area (Å²) >= 11 is 0. The van der Waals surface area contributed by atoms with Crippen molar-refractivity contribution in [3.05, 3.63) is 29.3 Å². The first-order valence-electron chi connectivity index (χ1n) is 8.29. The molecule has 2 rings (SSSR count). The predicted molar refractivity (Wildman–Crippen MR) is 92.1 cm³/mol. The highest BCUT2D eigenvalue weighted by atomic mass is 15.3. The number of aryl methyl sites for hydroxylation is 1. The van der Waals surface area contributed by atoms with Gasteiger partial charge in [0.2, 0.25) is 0 Å². The van der Waals surface area contributed by atoms with E-state index < -0.39 is 0 Å². The molecule has 0 amide bonds. The van der Waals surface area contributed by atoms with Gasteiger partial charge in [-0.2, -0.15) is 0 Å². The van der Waals surface area contributed by atoms with E-state index in [-0.39, 0.29) is 0 Å². The Balaban J connectivity index is 2.18. The summed E-state index contributed by atoms with van der Waals surface area (Å²) < 4.78 is 0. The van der Waals surface area contributed by atoms with Gasteiger partial charge in [0.25, 0.3) is 0 Å². The Morgan fingerprint density at radius 2 is 2.05 bits per heavy atom. The lowest BCUT2D eigenvalue weighted by molar-refractivity contribution is 0.213. The number of benzene rings is 1. The van der Waals surface area contributed by atoms with Crippen LogP contribution in [0, 0.1) is 6.92 Å². The Morgan fingerprint density at radius 1 is 1.29 bits per heavy atom. The van der Waals surface area contributed by atoms with Crippen molar-refractivity contribution in [3.63, 3.8) is 0 Å². The first kappa shape index (κ1) is 16.3. The monoisotopic (exact) mass is 289 g/mol. The summed E-state index contributed by atoms with van der Waals surface area (Å²) in [4.78, 5) is 5.07. The summed E-state index contributed by atoms with van der Waals surface area (Å²) in [6.45, 7) is 13.3. The van der Waals surface area contributed by atoms with E-state index in [4.69, 9.17) is 0 Å². The number of likely N-dealkylation sites (N-methyl/N-ethyl adjacent to an activating group) is 1. The fourth-order valence-corrected chi connectivity index (χ4v) is 3.08. The van der Waals surface area contributed by atoms with Gasteiger partial charge in [-0.05, 0) is 32.0 Å². The van der Waals surface area contributed by atoms with Gasteiger partial charge in [0.05, 0.1) is 0 Å². The second-order valence-electron chi connectivity index (χ2n) is 6.66. The number of hydrogen-bond donors (Lipinski definition) is 1. The molecule has 0 aromatic heterocycles. The molecule has 3 heteroatoms. The van der Waals surface area contributed by atoms with Crippen molar-refractivity contribution in [2.24, 2.45) is 0 Å². The van der Waals surface area contributed by atoms with Gasteiger partial charge in [-0.15, -0.1) is 0 Å². The van der Waals surface area contributed by atoms with Crippen LogP contribution in [0.5, 0.6) is 0 Å². The number of piperazine rings is 1. The van der Waals surface area contributed by atoms with E-state index in [9.17, 15) is 0 Å². The van der Waals surface area contributed by atoms with E-state index in [0.717, 1.165) is 26.2 Å². The Morgan fingerprint density at radius 3 is 2.71 bits per heavy atom. The molecule has 0 bridgehead atoms. The SMILES string of the molecule is CCC1CN(c2ccc(C)cc2CNC(C)C)CCN1C. The Bertz CT molecular complexity index is 456. The zero-order chi connectivity index (χ0) is 15.4. The van der Waals surface area contributed by atoms with Crippen LogP contribution in [-0.4, -0.2) is 43.7 Å². The lowest BCUT2D eigenvalue weighted by Crippen LogP contribution is -2.51. The summed E-state index contributed by atoms with van der Waals surface area (Å²) in [7, 11) is 2.25. The molecule has 1 saturated heterocycles. The van der Waals surface area contributed by atoms with Crippen molar-refractivity contribution in [3.8, 4) is 0 Å². The second-order valence-corrected chi connectivity index (χ2v) is 6.66. The quantitative estimate of drug-likeness (QED) is 0.899. The fourth-order valence-electron chi connectivity index (χ4n) is 3.08. The molecule has 3 nitrogen and oxygen atoms in total. The fraction of sp³-hybridized carbons (Fsp3) is 0.667. The topological polar surface area (TPSA) is 18.5 Å². The van der Waals surface area contributed by atoms with Crippen LogP contribution in [0.2, 0.25) is 0 Å². The van der Waals surface area contributed by atoms with Gasteiger partial charge in [0.15, 0.2) is 0 Å². The van der Waals surface area contributed by atoms with Gasteiger partial charge in [-0.3, -0.25) is 4.90 Å². The molecular formula is C18H31N3. The molecule has 1 N–H and O–H groups in total. The number of nitrogens with one attached hydrogen (secondary N) is 1. The van der Waals surface area contributed by atoms with Crippen LogP contribution in [0.3, 0.4) is 0 Å². The van der Waals surface area contributed by atoms with Gasteiger partial charge >= 0.3 is 0 Å². The molecule has 0 radical (unpaired) electrons. The van der Waals surface area contributed by atoms with Crippen LogP contribution in [-0.2, 0) is 6.54 Å². The summed E-state index contributed by atoms with van der Waals surface area (Å²) in [5.41, 5.74) is 4.20. The summed E-state index contributed by atoms with van der Waals surface area (Å²) in [6, 6.07) is 8.09. The van der Waals surface area contributed by atoms with Crippen LogP contribution in [0.1, 0.15) is 38.3 Å². The van der Waals surface area contributed by atoms with Crippen LogP contribution < -0.4 is 10.2 Å². The number of anilines is 1. The Hall–Kier alpha value is -1.06. The maximum absolute atomic E-state index is 3.57. The van der Waals surface area contributed by atoms with Crippen molar-refractivity contribution in [2.45, 2.75) is 52.7 Å². The third-order valence-electron chi connectivity index (χ3n) is 4.52. The van der Waals surface area contributed by atoms with Gasteiger partial charge in [0, 0.05) is 44.0 Å². The molecule has 1 aromatic rings. The zero-order valence-electron chi connectivity index (χ0n) is 14.3. The average molecular weight is 289 g/mol. The van der Waals surface area contributed by atoms with Crippen LogP contribution >= 0.6 is 0 Å². The summed E-state index contributed by atoms with van der Waals surface area (Å²) in [6.07, 6.45) is 1.22. The lowest BCUT2D eigenvalue weighted by Gasteiger charge is -2.41. The van der Waals surface area contributed by atoms with Crippen molar-refractivity contribution < 1.29 is 0 Å². The molecule has 1 aromatic carbocycles. The van der Waals surface area contributed by atoms with Crippen LogP contribution in [0.15, 0.2) is 18.2 Å². The number of hydrogen-bond acceptors (Lipinski definition) is 3. The van der Waals surface area contributed by atoms with Crippen LogP contribution in [0.25, 0.3) is 0 Å². The van der Waals surface area contributed by atoms with Gasteiger partial charge in [-0.25, -0.2) is 0 Å². The van der Waals surface area contributed by atoms with Gasteiger partial charge < -0.3 is 10.2 Å². The molecule has 1 fully saturated rings.